The van der Waals surface area contributed by atoms with E-state index in [2.05, 4.69) is 80.2 Å². The zero-order chi connectivity index (χ0) is 23.8. The Hall–Kier alpha value is -1.00. The number of thiophene rings is 1. The molecule has 0 atom stereocenters. The van der Waals surface area contributed by atoms with Crippen molar-refractivity contribution in [3.63, 3.8) is 0 Å². The van der Waals surface area contributed by atoms with E-state index in [4.69, 9.17) is 4.74 Å². The highest BCUT2D eigenvalue weighted by molar-refractivity contribution is 8.12. The number of esters is 1. The molecular formula is C26H44O2S2. The first-order valence-electron chi connectivity index (χ1n) is 10.9. The van der Waals surface area contributed by atoms with Crippen molar-refractivity contribution < 1.29 is 9.53 Å². The second kappa shape index (κ2) is 12.1. The van der Waals surface area contributed by atoms with Gasteiger partial charge in [0, 0.05) is 21.6 Å². The van der Waals surface area contributed by atoms with Gasteiger partial charge in [0.2, 0.25) is 0 Å². The first-order chi connectivity index (χ1) is 13.5. The molecule has 0 aliphatic rings. The zero-order valence-corrected chi connectivity index (χ0v) is 22.8. The smallest absolute Gasteiger partial charge is 0.303 e. The van der Waals surface area contributed by atoms with E-state index < -0.39 is 0 Å². The summed E-state index contributed by atoms with van der Waals surface area (Å²) in [6.07, 6.45) is 5.40. The minimum absolute atomic E-state index is 0.142. The van der Waals surface area contributed by atoms with Gasteiger partial charge in [-0.2, -0.15) is 0 Å². The molecule has 2 nitrogen and oxygen atoms in total. The fraction of sp³-hybridized carbons (Fsp3) is 0.654. The summed E-state index contributed by atoms with van der Waals surface area (Å²) in [7, 11) is 0. The predicted molar refractivity (Wildman–Crippen MR) is 138 cm³/mol. The Morgan fingerprint density at radius 1 is 1.13 bits per heavy atom. The topological polar surface area (TPSA) is 26.3 Å². The van der Waals surface area contributed by atoms with E-state index in [1.54, 1.807) is 11.8 Å². The summed E-state index contributed by atoms with van der Waals surface area (Å²) in [4.78, 5) is 15.9. The number of unbranched alkanes of at least 4 members (excludes halogenated alkanes) is 1. The normalized spacial score (nSPS) is 12.8. The third kappa shape index (κ3) is 11.4. The lowest BCUT2D eigenvalue weighted by Crippen LogP contribution is -2.26. The lowest BCUT2D eigenvalue weighted by molar-refractivity contribution is -0.154. The van der Waals surface area contributed by atoms with Crippen molar-refractivity contribution in [2.24, 2.45) is 5.41 Å². The molecule has 0 radical (unpaired) electrons. The summed E-state index contributed by atoms with van der Waals surface area (Å²) in [6.45, 7) is 27.2. The molecule has 172 valence electrons. The number of allylic oxidation sites excluding steroid dienone is 2. The van der Waals surface area contributed by atoms with Crippen LogP contribution in [0.5, 0.6) is 0 Å². The van der Waals surface area contributed by atoms with Gasteiger partial charge in [0.15, 0.2) is 0 Å². The molecule has 0 bridgehead atoms. The number of hydrogen-bond acceptors (Lipinski definition) is 4. The molecule has 0 fully saturated rings. The molecule has 4 heteroatoms. The minimum atomic E-state index is -0.276. The largest absolute Gasteiger partial charge is 0.460 e. The van der Waals surface area contributed by atoms with Crippen molar-refractivity contribution in [1.82, 2.24) is 0 Å². The van der Waals surface area contributed by atoms with Gasteiger partial charge in [-0.05, 0) is 61.5 Å². The predicted octanol–water partition coefficient (Wildman–Crippen LogP) is 9.22. The van der Waals surface area contributed by atoms with Gasteiger partial charge >= 0.3 is 5.97 Å². The molecule has 1 rings (SSSR count). The Labute approximate surface area is 194 Å². The SMILES string of the molecule is C=C(S/C(=C\C)c1ccc(C(C)(C)C)s1)C(C)(C)C.CCCCC(C)(C)OC(C)=O. The summed E-state index contributed by atoms with van der Waals surface area (Å²) in [5.74, 6) is -0.189. The van der Waals surface area contributed by atoms with Gasteiger partial charge in [0.25, 0.3) is 0 Å². The second-order valence-electron chi connectivity index (χ2n) is 10.3. The molecule has 1 aromatic heterocycles. The molecule has 0 saturated carbocycles. The lowest BCUT2D eigenvalue weighted by Gasteiger charge is -2.23. The van der Waals surface area contributed by atoms with Gasteiger partial charge in [-0.15, -0.1) is 11.3 Å². The van der Waals surface area contributed by atoms with Crippen LogP contribution in [-0.4, -0.2) is 11.6 Å². The molecule has 0 aliphatic heterocycles. The van der Waals surface area contributed by atoms with E-state index in [0.29, 0.717) is 0 Å². The van der Waals surface area contributed by atoms with Gasteiger partial charge < -0.3 is 4.74 Å². The molecule has 0 unspecified atom stereocenters. The maximum Gasteiger partial charge on any atom is 0.303 e. The molecule has 1 heterocycles. The molecular weight excluding hydrogens is 408 g/mol. The van der Waals surface area contributed by atoms with Gasteiger partial charge in [-0.3, -0.25) is 4.79 Å². The van der Waals surface area contributed by atoms with Crippen molar-refractivity contribution in [3.8, 4) is 0 Å². The molecule has 0 N–H and O–H groups in total. The standard InChI is InChI=1S/C17H26S2.C9H18O2/c1-9-13(18-12(2)16(3,4)5)14-10-11-15(19-14)17(6,7)8;1-5-6-7-9(3,4)11-8(2)10/h9-11H,2H2,1,3-8H3;5-7H2,1-4H3/b13-9-;. The number of rotatable bonds is 7. The van der Waals surface area contributed by atoms with E-state index in [9.17, 15) is 4.79 Å². The van der Waals surface area contributed by atoms with E-state index in [1.165, 1.54) is 26.5 Å². The van der Waals surface area contributed by atoms with E-state index in [-0.39, 0.29) is 22.4 Å². The van der Waals surface area contributed by atoms with E-state index in [1.807, 2.05) is 25.2 Å². The van der Waals surface area contributed by atoms with Crippen LogP contribution in [-0.2, 0) is 14.9 Å². The Bertz CT molecular complexity index is 710. The molecule has 0 aromatic carbocycles. The Morgan fingerprint density at radius 3 is 2.07 bits per heavy atom. The van der Waals surface area contributed by atoms with E-state index >= 15 is 0 Å². The van der Waals surface area contributed by atoms with Gasteiger partial charge in [-0.1, -0.05) is 79.3 Å². The van der Waals surface area contributed by atoms with Crippen LogP contribution >= 0.6 is 23.1 Å². The highest BCUT2D eigenvalue weighted by Gasteiger charge is 2.21. The zero-order valence-electron chi connectivity index (χ0n) is 21.2. The number of thioether (sulfide) groups is 1. The van der Waals surface area contributed by atoms with Crippen molar-refractivity contribution in [2.45, 2.75) is 106 Å². The van der Waals surface area contributed by atoms with Crippen LogP contribution in [0, 0.1) is 5.41 Å². The Kier molecular flexibility index (Phi) is 11.7. The van der Waals surface area contributed by atoms with Crippen LogP contribution in [0.1, 0.15) is 105 Å². The van der Waals surface area contributed by atoms with Crippen molar-refractivity contribution in [2.75, 3.05) is 0 Å². The number of ether oxygens (including phenoxy) is 1. The van der Waals surface area contributed by atoms with Crippen molar-refractivity contribution in [3.05, 3.63) is 39.4 Å². The van der Waals surface area contributed by atoms with Gasteiger partial charge in [-0.25, -0.2) is 0 Å². The van der Waals surface area contributed by atoms with Gasteiger partial charge in [0.1, 0.15) is 5.60 Å². The number of hydrogen-bond donors (Lipinski definition) is 0. The van der Waals surface area contributed by atoms with Crippen molar-refractivity contribution >= 4 is 34.0 Å². The second-order valence-corrected chi connectivity index (χ2v) is 12.5. The van der Waals surface area contributed by atoms with E-state index in [0.717, 1.165) is 19.3 Å². The Balaban J connectivity index is 0.000000654. The third-order valence-corrected chi connectivity index (χ3v) is 7.68. The van der Waals surface area contributed by atoms with Crippen LogP contribution in [0.25, 0.3) is 4.91 Å². The maximum absolute atomic E-state index is 10.6. The highest BCUT2D eigenvalue weighted by atomic mass is 32.2. The highest BCUT2D eigenvalue weighted by Crippen LogP contribution is 2.44. The number of carbonyl (C=O) groups is 1. The number of carbonyl (C=O) groups excluding carboxylic acids is 1. The minimum Gasteiger partial charge on any atom is -0.460 e. The first-order valence-corrected chi connectivity index (χ1v) is 12.5. The van der Waals surface area contributed by atoms with Crippen LogP contribution < -0.4 is 0 Å². The molecule has 0 saturated heterocycles. The van der Waals surface area contributed by atoms with Crippen molar-refractivity contribution in [1.29, 1.82) is 0 Å². The summed E-state index contributed by atoms with van der Waals surface area (Å²) in [6, 6.07) is 4.49. The molecule has 0 aliphatic carbocycles. The first kappa shape index (κ1) is 29.0. The average molecular weight is 453 g/mol. The maximum atomic E-state index is 10.6. The Morgan fingerprint density at radius 2 is 1.70 bits per heavy atom. The summed E-state index contributed by atoms with van der Waals surface area (Å²) in [5, 5.41) is 0. The van der Waals surface area contributed by atoms with Crippen LogP contribution in [0.15, 0.2) is 29.7 Å². The third-order valence-electron chi connectivity index (χ3n) is 4.47. The van der Waals surface area contributed by atoms with Crippen LogP contribution in [0.2, 0.25) is 0 Å². The van der Waals surface area contributed by atoms with Crippen LogP contribution in [0.4, 0.5) is 0 Å². The summed E-state index contributed by atoms with van der Waals surface area (Å²) in [5.41, 5.74) is 0.0956. The lowest BCUT2D eigenvalue weighted by atomic mass is 9.95. The molecule has 30 heavy (non-hydrogen) atoms. The monoisotopic (exact) mass is 452 g/mol. The quantitative estimate of drug-likeness (QED) is 0.386. The fourth-order valence-corrected chi connectivity index (χ4v) is 4.60. The van der Waals surface area contributed by atoms with Gasteiger partial charge in [0.05, 0.1) is 0 Å². The molecule has 0 amide bonds. The average Bonchev–Trinajstić information content (AvgIpc) is 3.06. The summed E-state index contributed by atoms with van der Waals surface area (Å²) < 4.78 is 5.10. The molecule has 0 spiro atoms. The fourth-order valence-electron chi connectivity index (χ4n) is 2.45. The van der Waals surface area contributed by atoms with Crippen LogP contribution in [0.3, 0.4) is 0 Å². The summed E-state index contributed by atoms with van der Waals surface area (Å²) >= 11 is 3.70. The molecule has 1 aromatic rings.